The van der Waals surface area contributed by atoms with Crippen LogP contribution in [-0.4, -0.2) is 29.3 Å². The summed E-state index contributed by atoms with van der Waals surface area (Å²) < 4.78 is 0. The van der Waals surface area contributed by atoms with Gasteiger partial charge in [0.25, 0.3) is 5.91 Å². The molecule has 2 aliphatic rings. The molecule has 2 atom stereocenters. The monoisotopic (exact) mass is 486 g/mol. The van der Waals surface area contributed by atoms with Crippen LogP contribution in [0.2, 0.25) is 0 Å². The fourth-order valence-corrected chi connectivity index (χ4v) is 5.29. The highest BCUT2D eigenvalue weighted by Crippen LogP contribution is 2.32. The van der Waals surface area contributed by atoms with Gasteiger partial charge in [-0.15, -0.1) is 11.3 Å². The molecule has 0 spiro atoms. The number of rotatable bonds is 6. The standard InChI is InChI=1S/C27H26N4O3S/c1-17-9-11-18(12-10-17)26-29-20(16-35-26)13-14-28-24(32)19-5-4-6-21(15-19)31-27(34)23-8-3-2-7-22(23)25(33)30-31/h2-6,9-12,15-16,22-23H,7-8,13-14H2,1H3,(H,28,32)(H,30,33). The van der Waals surface area contributed by atoms with Crippen molar-refractivity contribution >= 4 is 34.7 Å². The number of amides is 3. The Bertz CT molecular complexity index is 1300. The van der Waals surface area contributed by atoms with Gasteiger partial charge in [0.05, 0.1) is 23.2 Å². The van der Waals surface area contributed by atoms with Crippen molar-refractivity contribution in [1.29, 1.82) is 0 Å². The summed E-state index contributed by atoms with van der Waals surface area (Å²) >= 11 is 1.59. The first-order valence-corrected chi connectivity index (χ1v) is 12.6. The minimum atomic E-state index is -0.367. The quantitative estimate of drug-likeness (QED) is 0.514. The van der Waals surface area contributed by atoms with Gasteiger partial charge in [-0.1, -0.05) is 48.0 Å². The molecule has 8 heteroatoms. The summed E-state index contributed by atoms with van der Waals surface area (Å²) in [7, 11) is 0. The van der Waals surface area contributed by atoms with Crippen molar-refractivity contribution in [2.45, 2.75) is 26.2 Å². The van der Waals surface area contributed by atoms with Gasteiger partial charge in [-0.05, 0) is 38.0 Å². The van der Waals surface area contributed by atoms with Gasteiger partial charge in [0, 0.05) is 29.5 Å². The van der Waals surface area contributed by atoms with Crippen LogP contribution >= 0.6 is 11.3 Å². The lowest BCUT2D eigenvalue weighted by atomic mass is 9.80. The summed E-state index contributed by atoms with van der Waals surface area (Å²) in [6, 6.07) is 15.0. The zero-order chi connectivity index (χ0) is 24.4. The van der Waals surface area contributed by atoms with E-state index in [1.54, 1.807) is 35.6 Å². The Hall–Kier alpha value is -3.78. The fourth-order valence-electron chi connectivity index (χ4n) is 4.43. The van der Waals surface area contributed by atoms with Crippen molar-refractivity contribution in [2.75, 3.05) is 11.6 Å². The minimum Gasteiger partial charge on any atom is -0.352 e. The Morgan fingerprint density at radius 3 is 2.69 bits per heavy atom. The van der Waals surface area contributed by atoms with E-state index >= 15 is 0 Å². The van der Waals surface area contributed by atoms with E-state index in [9.17, 15) is 14.4 Å². The number of aromatic nitrogens is 1. The Morgan fingerprint density at radius 1 is 1.11 bits per heavy atom. The molecule has 0 bridgehead atoms. The molecule has 0 saturated carbocycles. The lowest BCUT2D eigenvalue weighted by Gasteiger charge is -2.38. The highest BCUT2D eigenvalue weighted by Gasteiger charge is 2.42. The van der Waals surface area contributed by atoms with E-state index in [1.165, 1.54) is 10.6 Å². The van der Waals surface area contributed by atoms with Gasteiger partial charge in [0.1, 0.15) is 5.01 Å². The van der Waals surface area contributed by atoms with Crippen molar-refractivity contribution in [3.63, 3.8) is 0 Å². The first kappa shape index (κ1) is 23.0. The maximum atomic E-state index is 13.0. The van der Waals surface area contributed by atoms with Crippen LogP contribution in [0.15, 0.2) is 66.1 Å². The number of hydrogen-bond acceptors (Lipinski definition) is 5. The van der Waals surface area contributed by atoms with Gasteiger partial charge in [-0.25, -0.2) is 9.99 Å². The van der Waals surface area contributed by atoms with Gasteiger partial charge in [-0.3, -0.25) is 19.8 Å². The fraction of sp³-hybridized carbons (Fsp3) is 0.259. The molecule has 2 aromatic carbocycles. The number of carbonyl (C=O) groups is 3. The number of nitrogens with one attached hydrogen (secondary N) is 2. The topological polar surface area (TPSA) is 91.4 Å². The predicted octanol–water partition coefficient (Wildman–Crippen LogP) is 4.05. The van der Waals surface area contributed by atoms with Gasteiger partial charge < -0.3 is 5.32 Å². The first-order chi connectivity index (χ1) is 17.0. The van der Waals surface area contributed by atoms with Crippen LogP contribution in [0.5, 0.6) is 0 Å². The van der Waals surface area contributed by atoms with E-state index in [0.29, 0.717) is 37.1 Å². The Balaban J connectivity index is 1.20. The van der Waals surface area contributed by atoms with Crippen LogP contribution in [0.3, 0.4) is 0 Å². The molecular weight excluding hydrogens is 460 g/mol. The average Bonchev–Trinajstić information content (AvgIpc) is 3.35. The molecule has 1 saturated heterocycles. The molecule has 7 nitrogen and oxygen atoms in total. The molecule has 5 rings (SSSR count). The smallest absolute Gasteiger partial charge is 0.251 e. The van der Waals surface area contributed by atoms with Gasteiger partial charge in [0.2, 0.25) is 11.8 Å². The number of hydrazine groups is 1. The van der Waals surface area contributed by atoms with Crippen molar-refractivity contribution in [3.05, 3.63) is 82.9 Å². The van der Waals surface area contributed by atoms with Crippen molar-refractivity contribution in [3.8, 4) is 10.6 Å². The zero-order valence-electron chi connectivity index (χ0n) is 19.4. The maximum Gasteiger partial charge on any atom is 0.251 e. The molecule has 2 unspecified atom stereocenters. The molecule has 1 fully saturated rings. The number of hydrogen-bond donors (Lipinski definition) is 2. The predicted molar refractivity (Wildman–Crippen MR) is 136 cm³/mol. The Kier molecular flexibility index (Phi) is 6.46. The van der Waals surface area contributed by atoms with E-state index < -0.39 is 0 Å². The lowest BCUT2D eigenvalue weighted by molar-refractivity contribution is -0.139. The normalized spacial score (nSPS) is 19.3. The summed E-state index contributed by atoms with van der Waals surface area (Å²) in [5.41, 5.74) is 6.83. The highest BCUT2D eigenvalue weighted by atomic mass is 32.1. The van der Waals surface area contributed by atoms with Crippen molar-refractivity contribution in [2.24, 2.45) is 11.8 Å². The van der Waals surface area contributed by atoms with Crippen LogP contribution in [0.4, 0.5) is 5.69 Å². The number of aryl methyl sites for hydroxylation is 1. The van der Waals surface area contributed by atoms with Gasteiger partial charge in [-0.2, -0.15) is 0 Å². The van der Waals surface area contributed by atoms with E-state index in [1.807, 2.05) is 17.5 Å². The Morgan fingerprint density at radius 2 is 1.89 bits per heavy atom. The number of anilines is 1. The van der Waals surface area contributed by atoms with E-state index in [-0.39, 0.29) is 29.6 Å². The molecule has 35 heavy (non-hydrogen) atoms. The second-order valence-corrected chi connectivity index (χ2v) is 9.73. The first-order valence-electron chi connectivity index (χ1n) is 11.7. The minimum absolute atomic E-state index is 0.149. The zero-order valence-corrected chi connectivity index (χ0v) is 20.2. The average molecular weight is 487 g/mol. The molecule has 2 N–H and O–H groups in total. The number of nitrogens with zero attached hydrogens (tertiary/aromatic N) is 2. The van der Waals surface area contributed by atoms with Crippen LogP contribution < -0.4 is 15.8 Å². The Labute approximate surface area is 207 Å². The van der Waals surface area contributed by atoms with E-state index in [0.717, 1.165) is 16.3 Å². The van der Waals surface area contributed by atoms with Crippen LogP contribution in [0.1, 0.15) is 34.5 Å². The number of fused-ring (bicyclic) bond motifs is 1. The molecule has 1 aliphatic heterocycles. The highest BCUT2D eigenvalue weighted by molar-refractivity contribution is 7.13. The summed E-state index contributed by atoms with van der Waals surface area (Å²) in [5, 5.41) is 7.18. The van der Waals surface area contributed by atoms with Gasteiger partial charge in [0.15, 0.2) is 0 Å². The van der Waals surface area contributed by atoms with E-state index in [4.69, 9.17) is 0 Å². The third-order valence-electron chi connectivity index (χ3n) is 6.41. The lowest BCUT2D eigenvalue weighted by Crippen LogP contribution is -2.59. The SMILES string of the molecule is Cc1ccc(-c2nc(CCNC(=O)c3cccc(N4NC(=O)C5CC=CCC5C4=O)c3)cs2)cc1. The van der Waals surface area contributed by atoms with Crippen molar-refractivity contribution < 1.29 is 14.4 Å². The second-order valence-electron chi connectivity index (χ2n) is 8.87. The molecule has 1 aliphatic carbocycles. The third kappa shape index (κ3) is 4.88. The second kappa shape index (κ2) is 9.84. The summed E-state index contributed by atoms with van der Waals surface area (Å²) in [4.78, 5) is 43.0. The molecule has 178 valence electrons. The van der Waals surface area contributed by atoms with Crippen LogP contribution in [0, 0.1) is 18.8 Å². The molecule has 0 radical (unpaired) electrons. The van der Waals surface area contributed by atoms with E-state index in [2.05, 4.69) is 46.9 Å². The summed E-state index contributed by atoms with van der Waals surface area (Å²) in [6.07, 6.45) is 5.64. The van der Waals surface area contributed by atoms with Crippen LogP contribution in [-0.2, 0) is 16.0 Å². The van der Waals surface area contributed by atoms with Crippen molar-refractivity contribution in [1.82, 2.24) is 15.7 Å². The molecule has 3 aromatic rings. The van der Waals surface area contributed by atoms with Gasteiger partial charge >= 0.3 is 0 Å². The molecule has 3 amide bonds. The summed E-state index contributed by atoms with van der Waals surface area (Å²) in [6.45, 7) is 2.50. The number of allylic oxidation sites excluding steroid dienone is 2. The number of carbonyl (C=O) groups excluding carboxylic acids is 3. The maximum absolute atomic E-state index is 13.0. The molecular formula is C27H26N4O3S. The molecule has 1 aromatic heterocycles. The third-order valence-corrected chi connectivity index (χ3v) is 7.35. The molecule has 2 heterocycles. The number of thiazole rings is 1. The largest absolute Gasteiger partial charge is 0.352 e. The summed E-state index contributed by atoms with van der Waals surface area (Å²) in [5.74, 6) is -1.25. The van der Waals surface area contributed by atoms with Crippen LogP contribution in [0.25, 0.3) is 10.6 Å². The number of benzene rings is 2.